The van der Waals surface area contributed by atoms with Crippen LogP contribution >= 0.6 is 38.5 Å². The normalized spacial score (nSPS) is 12.4. The highest BCUT2D eigenvalue weighted by Crippen LogP contribution is 2.27. The van der Waals surface area contributed by atoms with Crippen molar-refractivity contribution in [2.75, 3.05) is 7.05 Å². The van der Waals surface area contributed by atoms with Gasteiger partial charge in [-0.25, -0.2) is 4.39 Å². The van der Waals surface area contributed by atoms with Crippen molar-refractivity contribution in [3.63, 3.8) is 0 Å². The molecule has 0 saturated carbocycles. The number of rotatable bonds is 4. The first-order chi connectivity index (χ1) is 9.10. The van der Waals surface area contributed by atoms with Crippen molar-refractivity contribution < 1.29 is 4.39 Å². The van der Waals surface area contributed by atoms with Crippen molar-refractivity contribution in [3.8, 4) is 0 Å². The molecule has 0 aliphatic carbocycles. The summed E-state index contributed by atoms with van der Waals surface area (Å²) < 4.78 is 15.2. The molecule has 1 N–H and O–H groups in total. The third-order valence-electron chi connectivity index (χ3n) is 3.04. The monoisotopic (exact) mass is 433 g/mol. The van der Waals surface area contributed by atoms with Crippen molar-refractivity contribution in [1.29, 1.82) is 0 Å². The second-order valence-corrected chi connectivity index (χ2v) is 6.44. The molecule has 1 nitrogen and oxygen atoms in total. The van der Waals surface area contributed by atoms with E-state index in [1.54, 1.807) is 0 Å². The predicted molar refractivity (Wildman–Crippen MR) is 88.8 cm³/mol. The Labute approximate surface area is 134 Å². The van der Waals surface area contributed by atoms with Gasteiger partial charge in [0.1, 0.15) is 5.82 Å². The quantitative estimate of drug-likeness (QED) is 0.689. The highest BCUT2D eigenvalue weighted by atomic mass is 127. The Hall–Kier alpha value is -0.460. The van der Waals surface area contributed by atoms with Crippen LogP contribution in [0.25, 0.3) is 0 Å². The summed E-state index contributed by atoms with van der Waals surface area (Å²) in [5.41, 5.74) is 2.33. The first kappa shape index (κ1) is 14.9. The molecule has 1 unspecified atom stereocenters. The van der Waals surface area contributed by atoms with Gasteiger partial charge < -0.3 is 5.32 Å². The molecule has 0 heterocycles. The molecular weight excluding hydrogens is 420 g/mol. The standard InChI is InChI=1S/C15H14BrFIN/c1-19-15(8-10-2-5-12(18)6-3-10)13-7-4-11(17)9-14(13)16/h2-7,9,15,19H,8H2,1H3. The highest BCUT2D eigenvalue weighted by Gasteiger charge is 2.13. The lowest BCUT2D eigenvalue weighted by molar-refractivity contribution is 0.583. The van der Waals surface area contributed by atoms with E-state index in [0.29, 0.717) is 0 Å². The van der Waals surface area contributed by atoms with Crippen LogP contribution in [0, 0.1) is 9.39 Å². The third kappa shape index (κ3) is 4.00. The fourth-order valence-electron chi connectivity index (χ4n) is 2.01. The summed E-state index contributed by atoms with van der Waals surface area (Å²) in [6.07, 6.45) is 0.873. The number of halogens is 3. The second-order valence-electron chi connectivity index (χ2n) is 4.34. The van der Waals surface area contributed by atoms with Crippen LogP contribution < -0.4 is 5.32 Å². The summed E-state index contributed by atoms with van der Waals surface area (Å²) in [5.74, 6) is -0.222. The number of benzene rings is 2. The van der Waals surface area contributed by atoms with Crippen LogP contribution in [0.2, 0.25) is 0 Å². The maximum Gasteiger partial charge on any atom is 0.124 e. The summed E-state index contributed by atoms with van der Waals surface area (Å²) in [5, 5.41) is 3.29. The molecule has 100 valence electrons. The van der Waals surface area contributed by atoms with Crippen LogP contribution in [0.5, 0.6) is 0 Å². The Morgan fingerprint density at radius 3 is 2.47 bits per heavy atom. The molecular formula is C15H14BrFIN. The van der Waals surface area contributed by atoms with E-state index < -0.39 is 0 Å². The van der Waals surface area contributed by atoms with Crippen molar-refractivity contribution in [2.45, 2.75) is 12.5 Å². The number of nitrogens with one attached hydrogen (secondary N) is 1. The van der Waals surface area contributed by atoms with E-state index in [-0.39, 0.29) is 11.9 Å². The molecule has 4 heteroatoms. The summed E-state index contributed by atoms with van der Waals surface area (Å²) >= 11 is 5.73. The molecule has 0 aromatic heterocycles. The lowest BCUT2D eigenvalue weighted by atomic mass is 9.99. The smallest absolute Gasteiger partial charge is 0.124 e. The molecule has 2 aromatic rings. The highest BCUT2D eigenvalue weighted by molar-refractivity contribution is 14.1. The molecule has 19 heavy (non-hydrogen) atoms. The SMILES string of the molecule is CNC(Cc1ccc(I)cc1)c1ccc(F)cc1Br. The molecule has 2 rings (SSSR count). The first-order valence-electron chi connectivity index (χ1n) is 5.97. The molecule has 0 amide bonds. The van der Waals surface area contributed by atoms with Gasteiger partial charge in [0.15, 0.2) is 0 Å². The van der Waals surface area contributed by atoms with Gasteiger partial charge in [-0.15, -0.1) is 0 Å². The van der Waals surface area contributed by atoms with E-state index in [1.807, 2.05) is 13.1 Å². The van der Waals surface area contributed by atoms with Crippen LogP contribution in [-0.2, 0) is 6.42 Å². The Balaban J connectivity index is 2.22. The zero-order chi connectivity index (χ0) is 13.8. The van der Waals surface area contributed by atoms with E-state index in [9.17, 15) is 4.39 Å². The average molecular weight is 434 g/mol. The van der Waals surface area contributed by atoms with Gasteiger partial charge in [0.25, 0.3) is 0 Å². The Kier molecular flexibility index (Phi) is 5.36. The van der Waals surface area contributed by atoms with Gasteiger partial charge in [0.2, 0.25) is 0 Å². The Bertz CT molecular complexity index is 557. The van der Waals surface area contributed by atoms with Gasteiger partial charge in [-0.2, -0.15) is 0 Å². The summed E-state index contributed by atoms with van der Waals surface area (Å²) in [4.78, 5) is 0. The summed E-state index contributed by atoms with van der Waals surface area (Å²) in [6.45, 7) is 0. The van der Waals surface area contributed by atoms with Gasteiger partial charge in [0.05, 0.1) is 0 Å². The van der Waals surface area contributed by atoms with Crippen molar-refractivity contribution in [3.05, 3.63) is 67.5 Å². The number of hydrogen-bond acceptors (Lipinski definition) is 1. The van der Waals surface area contributed by atoms with Gasteiger partial charge in [-0.05, 0) is 71.5 Å². The fourth-order valence-corrected chi connectivity index (χ4v) is 2.99. The second kappa shape index (κ2) is 6.81. The van der Waals surface area contributed by atoms with Crippen LogP contribution in [0.4, 0.5) is 4.39 Å². The van der Waals surface area contributed by atoms with E-state index in [1.165, 1.54) is 21.3 Å². The van der Waals surface area contributed by atoms with E-state index >= 15 is 0 Å². The summed E-state index contributed by atoms with van der Waals surface area (Å²) in [7, 11) is 1.92. The maximum atomic E-state index is 13.1. The predicted octanol–water partition coefficient (Wildman–Crippen LogP) is 4.70. The van der Waals surface area contributed by atoms with Gasteiger partial charge in [-0.3, -0.25) is 0 Å². The van der Waals surface area contributed by atoms with Crippen molar-refractivity contribution in [1.82, 2.24) is 5.32 Å². The lowest BCUT2D eigenvalue weighted by Crippen LogP contribution is -2.19. The van der Waals surface area contributed by atoms with Crippen molar-refractivity contribution in [2.24, 2.45) is 0 Å². The van der Waals surface area contributed by atoms with E-state index in [0.717, 1.165) is 16.5 Å². The average Bonchev–Trinajstić information content (AvgIpc) is 2.39. The molecule has 0 aliphatic rings. The zero-order valence-corrected chi connectivity index (χ0v) is 14.2. The van der Waals surface area contributed by atoms with Crippen LogP contribution in [-0.4, -0.2) is 7.05 Å². The van der Waals surface area contributed by atoms with Gasteiger partial charge in [-0.1, -0.05) is 34.1 Å². The van der Waals surface area contributed by atoms with Crippen molar-refractivity contribution >= 4 is 38.5 Å². The van der Waals surface area contributed by atoms with Crippen LogP contribution in [0.3, 0.4) is 0 Å². The zero-order valence-electron chi connectivity index (χ0n) is 10.5. The Morgan fingerprint density at radius 1 is 1.21 bits per heavy atom. The van der Waals surface area contributed by atoms with Gasteiger partial charge >= 0.3 is 0 Å². The van der Waals surface area contributed by atoms with Crippen LogP contribution in [0.15, 0.2) is 46.9 Å². The molecule has 0 radical (unpaired) electrons. The third-order valence-corrected chi connectivity index (χ3v) is 4.45. The van der Waals surface area contributed by atoms with Crippen LogP contribution in [0.1, 0.15) is 17.2 Å². The van der Waals surface area contributed by atoms with Gasteiger partial charge in [0, 0.05) is 14.1 Å². The number of likely N-dealkylation sites (N-methyl/N-ethyl adjacent to an activating group) is 1. The molecule has 1 atom stereocenters. The maximum absolute atomic E-state index is 13.1. The lowest BCUT2D eigenvalue weighted by Gasteiger charge is -2.18. The number of hydrogen-bond donors (Lipinski definition) is 1. The Morgan fingerprint density at radius 2 is 1.89 bits per heavy atom. The molecule has 0 spiro atoms. The molecule has 0 aliphatic heterocycles. The molecule has 0 bridgehead atoms. The fraction of sp³-hybridized carbons (Fsp3) is 0.200. The topological polar surface area (TPSA) is 12.0 Å². The largest absolute Gasteiger partial charge is 0.313 e. The first-order valence-corrected chi connectivity index (χ1v) is 7.84. The minimum atomic E-state index is -0.222. The summed E-state index contributed by atoms with van der Waals surface area (Å²) in [6, 6.07) is 13.5. The van der Waals surface area contributed by atoms with E-state index in [4.69, 9.17) is 0 Å². The molecule has 0 fully saturated rings. The van der Waals surface area contributed by atoms with E-state index in [2.05, 4.69) is 68.1 Å². The molecule has 2 aromatic carbocycles. The molecule has 0 saturated heterocycles. The minimum Gasteiger partial charge on any atom is -0.313 e. The minimum absolute atomic E-state index is 0.162.